The van der Waals surface area contributed by atoms with Crippen LogP contribution in [0, 0.1) is 0 Å². The summed E-state index contributed by atoms with van der Waals surface area (Å²) in [6, 6.07) is 6.62. The molecule has 0 spiro atoms. The number of phenolic OH excluding ortho intramolecular Hbond substituents is 1. The summed E-state index contributed by atoms with van der Waals surface area (Å²) >= 11 is 0. The normalized spacial score (nSPS) is 22.3. The van der Waals surface area contributed by atoms with E-state index < -0.39 is 35.5 Å². The highest BCUT2D eigenvalue weighted by atomic mass is 16.5. The Bertz CT molecular complexity index is 1540. The lowest BCUT2D eigenvalue weighted by molar-refractivity contribution is -0.148. The molecule has 2 aliphatic heterocycles. The highest BCUT2D eigenvalue weighted by Gasteiger charge is 2.57. The van der Waals surface area contributed by atoms with Gasteiger partial charge in [-0.1, -0.05) is 12.1 Å². The third-order valence-electron chi connectivity index (χ3n) is 7.14. The first-order chi connectivity index (χ1) is 16.8. The van der Waals surface area contributed by atoms with Gasteiger partial charge in [0.2, 0.25) is 5.78 Å². The molecule has 6 rings (SSSR count). The van der Waals surface area contributed by atoms with Crippen molar-refractivity contribution in [2.24, 2.45) is 0 Å². The standard InChI is InChI=1S/C25H21NO9/c1-32-14-6-7-16(27)25(9-17(28)33-2)20(14)23(30)19-15(34-25)8-11-10-26-21-12(18(11)22(19)29)4-3-5-13(21)24(31)35-26/h3-5,8,16,27,29H,6-7,9-10H2,1-2H3/t16-,25+/m0/s1. The van der Waals surface area contributed by atoms with Gasteiger partial charge in [0.05, 0.1) is 49.8 Å². The molecule has 180 valence electrons. The number of Topliss-reactive ketones (excluding diaryl/α,β-unsaturated/α-hetero) is 1. The number of fused-ring (bicyclic) bond motifs is 4. The maximum atomic E-state index is 13.9. The average molecular weight is 479 g/mol. The Morgan fingerprint density at radius 1 is 1.26 bits per heavy atom. The third kappa shape index (κ3) is 2.71. The van der Waals surface area contributed by atoms with E-state index in [1.807, 2.05) is 0 Å². The first-order valence-corrected chi connectivity index (χ1v) is 11.1. The molecule has 3 aliphatic rings. The zero-order valence-electron chi connectivity index (χ0n) is 18.9. The molecule has 1 aromatic heterocycles. The van der Waals surface area contributed by atoms with Gasteiger partial charge in [0.15, 0.2) is 5.60 Å². The average Bonchev–Trinajstić information content (AvgIpc) is 3.16. The number of aliphatic hydroxyl groups is 1. The van der Waals surface area contributed by atoms with Crippen molar-refractivity contribution in [3.63, 3.8) is 0 Å². The number of methoxy groups -OCH3 is 2. The summed E-state index contributed by atoms with van der Waals surface area (Å²) in [5.41, 5.74) is -0.350. The fourth-order valence-electron chi connectivity index (χ4n) is 5.58. The molecule has 10 nitrogen and oxygen atoms in total. The van der Waals surface area contributed by atoms with Crippen LogP contribution in [0.25, 0.3) is 22.0 Å². The molecule has 2 aromatic carbocycles. The van der Waals surface area contributed by atoms with Gasteiger partial charge >= 0.3 is 11.6 Å². The lowest BCUT2D eigenvalue weighted by Gasteiger charge is -2.45. The molecule has 2 atom stereocenters. The number of allylic oxidation sites excluding steroid dienone is 1. The molecular formula is C25H21NO9. The predicted molar refractivity (Wildman–Crippen MR) is 120 cm³/mol. The largest absolute Gasteiger partial charge is 0.506 e. The van der Waals surface area contributed by atoms with E-state index in [2.05, 4.69) is 0 Å². The second kappa shape index (κ2) is 7.22. The molecule has 0 unspecified atom stereocenters. The molecule has 2 N–H and O–H groups in total. The summed E-state index contributed by atoms with van der Waals surface area (Å²) in [4.78, 5) is 38.6. The smallest absolute Gasteiger partial charge is 0.365 e. The summed E-state index contributed by atoms with van der Waals surface area (Å²) in [6.07, 6.45) is -1.17. The molecule has 0 radical (unpaired) electrons. The molecule has 0 saturated carbocycles. The number of aliphatic hydroxyl groups excluding tert-OH is 1. The topological polar surface area (TPSA) is 137 Å². The SMILES string of the molecule is COC(=O)C[C@]12Oc3cc4c(c(O)c3C(=O)C1=C(OC)CC[C@@H]2O)-c1cccc2c(=O)on(c12)C4. The van der Waals surface area contributed by atoms with E-state index in [9.17, 15) is 24.6 Å². The van der Waals surface area contributed by atoms with Crippen LogP contribution < -0.4 is 10.4 Å². The number of carbonyl (C=O) groups is 2. The van der Waals surface area contributed by atoms with Gasteiger partial charge in [-0.05, 0) is 24.1 Å². The second-order valence-electron chi connectivity index (χ2n) is 8.88. The molecular weight excluding hydrogens is 458 g/mol. The van der Waals surface area contributed by atoms with Crippen LogP contribution in [0.3, 0.4) is 0 Å². The number of hydrogen-bond acceptors (Lipinski definition) is 9. The molecule has 0 bridgehead atoms. The van der Waals surface area contributed by atoms with Crippen LogP contribution in [0.15, 0.2) is 44.9 Å². The van der Waals surface area contributed by atoms with Gasteiger partial charge in [-0.2, -0.15) is 0 Å². The second-order valence-corrected chi connectivity index (χ2v) is 8.88. The van der Waals surface area contributed by atoms with Crippen molar-refractivity contribution >= 4 is 22.7 Å². The van der Waals surface area contributed by atoms with Crippen LogP contribution >= 0.6 is 0 Å². The van der Waals surface area contributed by atoms with Crippen LogP contribution in [0.1, 0.15) is 35.2 Å². The van der Waals surface area contributed by atoms with Crippen molar-refractivity contribution in [1.82, 2.24) is 4.74 Å². The number of nitrogens with zero attached hydrogens (tertiary/aromatic N) is 1. The Morgan fingerprint density at radius 2 is 2.06 bits per heavy atom. The Hall–Kier alpha value is -4.05. The maximum absolute atomic E-state index is 13.9. The van der Waals surface area contributed by atoms with E-state index in [-0.39, 0.29) is 47.8 Å². The van der Waals surface area contributed by atoms with Crippen LogP contribution in [0.2, 0.25) is 0 Å². The van der Waals surface area contributed by atoms with Crippen molar-refractivity contribution in [3.05, 3.63) is 57.1 Å². The Kier molecular flexibility index (Phi) is 4.43. The molecule has 0 saturated heterocycles. The van der Waals surface area contributed by atoms with E-state index in [4.69, 9.17) is 18.7 Å². The van der Waals surface area contributed by atoms with Gasteiger partial charge in [0.1, 0.15) is 22.8 Å². The quantitative estimate of drug-likeness (QED) is 0.424. The summed E-state index contributed by atoms with van der Waals surface area (Å²) in [6.45, 7) is 0.113. The molecule has 0 amide bonds. The minimum Gasteiger partial charge on any atom is -0.506 e. The Balaban J connectivity index is 1.63. The van der Waals surface area contributed by atoms with Crippen LogP contribution in [-0.4, -0.2) is 52.6 Å². The number of para-hydroxylation sites is 1. The lowest BCUT2D eigenvalue weighted by atomic mass is 9.72. The highest BCUT2D eigenvalue weighted by Crippen LogP contribution is 2.53. The number of benzene rings is 2. The summed E-state index contributed by atoms with van der Waals surface area (Å²) in [7, 11) is 2.61. The summed E-state index contributed by atoms with van der Waals surface area (Å²) in [5.74, 6) is -1.31. The predicted octanol–water partition coefficient (Wildman–Crippen LogP) is 2.26. The summed E-state index contributed by atoms with van der Waals surface area (Å²) in [5, 5.41) is 22.8. The van der Waals surface area contributed by atoms with E-state index in [1.165, 1.54) is 19.0 Å². The number of rotatable bonds is 3. The zero-order valence-corrected chi connectivity index (χ0v) is 18.9. The zero-order chi connectivity index (χ0) is 24.6. The van der Waals surface area contributed by atoms with Crippen molar-refractivity contribution in [3.8, 4) is 22.6 Å². The number of esters is 1. The van der Waals surface area contributed by atoms with Crippen LogP contribution in [0.5, 0.6) is 11.5 Å². The molecule has 3 aromatic rings. The van der Waals surface area contributed by atoms with Crippen LogP contribution in [-0.2, 0) is 20.8 Å². The van der Waals surface area contributed by atoms with Crippen molar-refractivity contribution in [2.45, 2.75) is 37.5 Å². The van der Waals surface area contributed by atoms with Crippen LogP contribution in [0.4, 0.5) is 0 Å². The van der Waals surface area contributed by atoms with Crippen molar-refractivity contribution in [1.29, 1.82) is 0 Å². The van der Waals surface area contributed by atoms with Gasteiger partial charge in [-0.15, -0.1) is 0 Å². The van der Waals surface area contributed by atoms with Gasteiger partial charge in [0.25, 0.3) is 0 Å². The van der Waals surface area contributed by atoms with Crippen molar-refractivity contribution < 1.29 is 38.5 Å². The Morgan fingerprint density at radius 3 is 2.80 bits per heavy atom. The lowest BCUT2D eigenvalue weighted by Crippen LogP contribution is -2.57. The maximum Gasteiger partial charge on any atom is 0.365 e. The highest BCUT2D eigenvalue weighted by molar-refractivity contribution is 6.17. The molecule has 35 heavy (non-hydrogen) atoms. The fraction of sp³-hybridized carbons (Fsp3) is 0.320. The first-order valence-electron chi connectivity index (χ1n) is 11.1. The number of hydrogen-bond donors (Lipinski definition) is 2. The number of carbonyl (C=O) groups excluding carboxylic acids is 2. The van der Waals surface area contributed by atoms with Gasteiger partial charge in [-0.25, -0.2) is 9.53 Å². The number of phenols is 1. The van der Waals surface area contributed by atoms with E-state index >= 15 is 0 Å². The monoisotopic (exact) mass is 479 g/mol. The van der Waals surface area contributed by atoms with E-state index in [1.54, 1.807) is 24.3 Å². The van der Waals surface area contributed by atoms with Gasteiger partial charge in [0, 0.05) is 17.5 Å². The van der Waals surface area contributed by atoms with Gasteiger partial charge < -0.3 is 28.9 Å². The van der Waals surface area contributed by atoms with Crippen molar-refractivity contribution in [2.75, 3.05) is 14.2 Å². The van der Waals surface area contributed by atoms with E-state index in [0.29, 0.717) is 27.6 Å². The molecule has 0 fully saturated rings. The molecule has 3 heterocycles. The molecule has 10 heteroatoms. The fourth-order valence-corrected chi connectivity index (χ4v) is 5.58. The molecule has 1 aliphatic carbocycles. The number of aromatic hydroxyl groups is 1. The number of ketones is 1. The number of aromatic nitrogens is 1. The first kappa shape index (κ1) is 21.5. The third-order valence-corrected chi connectivity index (χ3v) is 7.14. The Labute approximate surface area is 197 Å². The summed E-state index contributed by atoms with van der Waals surface area (Å²) < 4.78 is 23.3. The van der Waals surface area contributed by atoms with E-state index in [0.717, 1.165) is 0 Å². The number of ether oxygens (including phenoxy) is 3. The minimum atomic E-state index is -1.73. The minimum absolute atomic E-state index is 0.0128. The van der Waals surface area contributed by atoms with Gasteiger partial charge in [-0.3, -0.25) is 9.59 Å².